The predicted molar refractivity (Wildman–Crippen MR) is 62.1 cm³/mol. The molecule has 3 N–H and O–H groups in total. The fraction of sp³-hybridized carbons (Fsp3) is 0.833. The number of nitrogens with one attached hydrogen (secondary N) is 2. The first-order valence-corrected chi connectivity index (χ1v) is 6.41. The molecule has 0 aromatic rings. The lowest BCUT2D eigenvalue weighted by molar-refractivity contribution is -0.126. The van der Waals surface area contributed by atoms with Gasteiger partial charge in [-0.05, 0) is 19.3 Å². The van der Waals surface area contributed by atoms with Crippen LogP contribution in [0.2, 0.25) is 0 Å². The molecule has 1 aliphatic carbocycles. The van der Waals surface area contributed by atoms with E-state index in [9.17, 15) is 14.7 Å². The minimum absolute atomic E-state index is 0.0486. The number of rotatable bonds is 3. The second-order valence-corrected chi connectivity index (χ2v) is 5.00. The van der Waals surface area contributed by atoms with E-state index < -0.39 is 0 Å². The molecule has 2 fully saturated rings. The minimum atomic E-state index is -0.372. The SMILES string of the molecule is O=C1CC[C@H](C(=O)NC2CCCCC2CO)N1. The average Bonchev–Trinajstić information content (AvgIpc) is 2.77. The van der Waals surface area contributed by atoms with Gasteiger partial charge in [0.05, 0.1) is 0 Å². The van der Waals surface area contributed by atoms with Crippen LogP contribution in [0.3, 0.4) is 0 Å². The Kier molecular flexibility index (Phi) is 3.99. The molecule has 0 aromatic carbocycles. The maximum absolute atomic E-state index is 11.9. The van der Waals surface area contributed by atoms with Crippen LogP contribution in [0, 0.1) is 5.92 Å². The topological polar surface area (TPSA) is 78.4 Å². The third kappa shape index (κ3) is 2.97. The van der Waals surface area contributed by atoms with Gasteiger partial charge in [0.2, 0.25) is 11.8 Å². The zero-order valence-corrected chi connectivity index (χ0v) is 9.95. The third-order valence-corrected chi connectivity index (χ3v) is 3.78. The zero-order chi connectivity index (χ0) is 12.3. The van der Waals surface area contributed by atoms with Gasteiger partial charge in [-0.2, -0.15) is 0 Å². The van der Waals surface area contributed by atoms with E-state index in [2.05, 4.69) is 10.6 Å². The Morgan fingerprint density at radius 2 is 2.12 bits per heavy atom. The van der Waals surface area contributed by atoms with Crippen molar-refractivity contribution in [1.29, 1.82) is 0 Å². The Labute approximate surface area is 101 Å². The Morgan fingerprint density at radius 3 is 2.76 bits per heavy atom. The summed E-state index contributed by atoms with van der Waals surface area (Å²) in [7, 11) is 0. The highest BCUT2D eigenvalue weighted by Gasteiger charge is 2.31. The molecule has 1 aliphatic heterocycles. The molecule has 0 spiro atoms. The highest BCUT2D eigenvalue weighted by atomic mass is 16.3. The van der Waals surface area contributed by atoms with Crippen molar-refractivity contribution in [3.05, 3.63) is 0 Å². The summed E-state index contributed by atoms with van der Waals surface area (Å²) in [5, 5.41) is 14.9. The predicted octanol–water partition coefficient (Wildman–Crippen LogP) is -0.0677. The minimum Gasteiger partial charge on any atom is -0.396 e. The van der Waals surface area contributed by atoms with Gasteiger partial charge in [-0.3, -0.25) is 9.59 Å². The molecule has 1 heterocycles. The molecule has 0 aromatic heterocycles. The number of carbonyl (C=O) groups is 2. The van der Waals surface area contributed by atoms with Crippen LogP contribution in [0.4, 0.5) is 0 Å². The van der Waals surface area contributed by atoms with E-state index in [1.165, 1.54) is 0 Å². The highest BCUT2D eigenvalue weighted by Crippen LogP contribution is 2.24. The van der Waals surface area contributed by atoms with Gasteiger partial charge < -0.3 is 15.7 Å². The number of hydrogen-bond acceptors (Lipinski definition) is 3. The van der Waals surface area contributed by atoms with Crippen LogP contribution >= 0.6 is 0 Å². The van der Waals surface area contributed by atoms with Crippen molar-refractivity contribution in [2.45, 2.75) is 50.6 Å². The Balaban J connectivity index is 1.86. The molecule has 5 nitrogen and oxygen atoms in total. The van der Waals surface area contributed by atoms with Crippen LogP contribution in [0.1, 0.15) is 38.5 Å². The van der Waals surface area contributed by atoms with Crippen molar-refractivity contribution in [2.24, 2.45) is 5.92 Å². The zero-order valence-electron chi connectivity index (χ0n) is 9.95. The first-order chi connectivity index (χ1) is 8.20. The Morgan fingerprint density at radius 1 is 1.35 bits per heavy atom. The van der Waals surface area contributed by atoms with Gasteiger partial charge in [-0.15, -0.1) is 0 Å². The summed E-state index contributed by atoms with van der Waals surface area (Å²) in [6.07, 6.45) is 5.14. The van der Waals surface area contributed by atoms with Crippen molar-refractivity contribution in [2.75, 3.05) is 6.61 Å². The Hall–Kier alpha value is -1.10. The van der Waals surface area contributed by atoms with Crippen molar-refractivity contribution < 1.29 is 14.7 Å². The number of hydrogen-bond donors (Lipinski definition) is 3. The molecule has 2 aliphatic rings. The summed E-state index contributed by atoms with van der Waals surface area (Å²) in [5.41, 5.74) is 0. The van der Waals surface area contributed by atoms with Gasteiger partial charge in [0.1, 0.15) is 6.04 Å². The van der Waals surface area contributed by atoms with Crippen molar-refractivity contribution in [3.63, 3.8) is 0 Å². The number of aliphatic hydroxyl groups excluding tert-OH is 1. The fourth-order valence-electron chi connectivity index (χ4n) is 2.71. The molecule has 5 heteroatoms. The summed E-state index contributed by atoms with van der Waals surface area (Å²) in [6.45, 7) is 0.127. The fourth-order valence-corrected chi connectivity index (χ4v) is 2.71. The molecule has 0 bridgehead atoms. The van der Waals surface area contributed by atoms with Gasteiger partial charge >= 0.3 is 0 Å². The van der Waals surface area contributed by atoms with Crippen LogP contribution in [0.5, 0.6) is 0 Å². The number of amides is 2. The van der Waals surface area contributed by atoms with E-state index in [-0.39, 0.29) is 36.4 Å². The van der Waals surface area contributed by atoms with Gasteiger partial charge in [0, 0.05) is 25.0 Å². The monoisotopic (exact) mass is 240 g/mol. The molecular formula is C12H20N2O3. The highest BCUT2D eigenvalue weighted by molar-refractivity contribution is 5.90. The second kappa shape index (κ2) is 5.49. The van der Waals surface area contributed by atoms with Gasteiger partial charge in [0.15, 0.2) is 0 Å². The first kappa shape index (κ1) is 12.4. The normalized spacial score (nSPS) is 33.2. The average molecular weight is 240 g/mol. The number of carbonyl (C=O) groups excluding carboxylic acids is 2. The van der Waals surface area contributed by atoms with Crippen LogP contribution in [0.25, 0.3) is 0 Å². The maximum atomic E-state index is 11.9. The molecule has 17 heavy (non-hydrogen) atoms. The molecule has 2 unspecified atom stereocenters. The first-order valence-electron chi connectivity index (χ1n) is 6.41. The molecular weight excluding hydrogens is 220 g/mol. The Bertz CT molecular complexity index is 306. The lowest BCUT2D eigenvalue weighted by atomic mass is 9.85. The number of aliphatic hydroxyl groups is 1. The van der Waals surface area contributed by atoms with Crippen molar-refractivity contribution >= 4 is 11.8 Å². The van der Waals surface area contributed by atoms with E-state index in [0.29, 0.717) is 12.8 Å². The standard InChI is InChI=1S/C12H20N2O3/c15-7-8-3-1-2-4-9(8)14-12(17)10-5-6-11(16)13-10/h8-10,15H,1-7H2,(H,13,16)(H,14,17)/t8?,9?,10-/m1/s1. The summed E-state index contributed by atoms with van der Waals surface area (Å²) in [6, 6.07) is -0.303. The molecule has 3 atom stereocenters. The van der Waals surface area contributed by atoms with Crippen LogP contribution in [-0.4, -0.2) is 35.6 Å². The third-order valence-electron chi connectivity index (χ3n) is 3.78. The van der Waals surface area contributed by atoms with Crippen LogP contribution < -0.4 is 10.6 Å². The van der Waals surface area contributed by atoms with E-state index in [1.54, 1.807) is 0 Å². The lowest BCUT2D eigenvalue weighted by Gasteiger charge is -2.31. The van der Waals surface area contributed by atoms with Gasteiger partial charge in [0.25, 0.3) is 0 Å². The second-order valence-electron chi connectivity index (χ2n) is 5.00. The summed E-state index contributed by atoms with van der Waals surface area (Å²) in [4.78, 5) is 23.0. The van der Waals surface area contributed by atoms with Crippen LogP contribution in [0.15, 0.2) is 0 Å². The van der Waals surface area contributed by atoms with Crippen molar-refractivity contribution in [1.82, 2.24) is 10.6 Å². The van der Waals surface area contributed by atoms with E-state index in [4.69, 9.17) is 0 Å². The smallest absolute Gasteiger partial charge is 0.242 e. The van der Waals surface area contributed by atoms with Crippen LogP contribution in [-0.2, 0) is 9.59 Å². The van der Waals surface area contributed by atoms with Crippen molar-refractivity contribution in [3.8, 4) is 0 Å². The molecule has 2 rings (SSSR count). The lowest BCUT2D eigenvalue weighted by Crippen LogP contribution is -2.49. The summed E-state index contributed by atoms with van der Waals surface area (Å²) >= 11 is 0. The molecule has 2 amide bonds. The quantitative estimate of drug-likeness (QED) is 0.646. The maximum Gasteiger partial charge on any atom is 0.242 e. The molecule has 1 saturated carbocycles. The molecule has 96 valence electrons. The van der Waals surface area contributed by atoms with E-state index in [1.807, 2.05) is 0 Å². The van der Waals surface area contributed by atoms with E-state index >= 15 is 0 Å². The summed E-state index contributed by atoms with van der Waals surface area (Å²) in [5.74, 6) is 0.0264. The van der Waals surface area contributed by atoms with Gasteiger partial charge in [-0.1, -0.05) is 12.8 Å². The van der Waals surface area contributed by atoms with E-state index in [0.717, 1.165) is 25.7 Å². The largest absolute Gasteiger partial charge is 0.396 e. The van der Waals surface area contributed by atoms with Gasteiger partial charge in [-0.25, -0.2) is 0 Å². The molecule has 0 radical (unpaired) electrons. The summed E-state index contributed by atoms with van der Waals surface area (Å²) < 4.78 is 0. The molecule has 1 saturated heterocycles.